The van der Waals surface area contributed by atoms with Gasteiger partial charge in [-0.3, -0.25) is 9.69 Å². The summed E-state index contributed by atoms with van der Waals surface area (Å²) in [5.74, 6) is 1.31. The van der Waals surface area contributed by atoms with Gasteiger partial charge in [0.05, 0.1) is 6.04 Å². The molecule has 0 spiro atoms. The summed E-state index contributed by atoms with van der Waals surface area (Å²) in [5.41, 5.74) is 0. The zero-order chi connectivity index (χ0) is 14.0. The number of amides is 3. The Balaban J connectivity index is 1.91. The quantitative estimate of drug-likeness (QED) is 0.774. The smallest absolute Gasteiger partial charge is 0.324 e. The van der Waals surface area contributed by atoms with Gasteiger partial charge < -0.3 is 10.6 Å². The Morgan fingerprint density at radius 3 is 2.79 bits per heavy atom. The fourth-order valence-corrected chi connectivity index (χ4v) is 3.28. The van der Waals surface area contributed by atoms with Crippen molar-refractivity contribution in [2.75, 3.05) is 13.1 Å². The Morgan fingerprint density at radius 1 is 1.42 bits per heavy atom. The number of hydrogen-bond acceptors (Lipinski definition) is 2. The molecule has 3 N–H and O–H groups in total. The van der Waals surface area contributed by atoms with Gasteiger partial charge in [0, 0.05) is 19.0 Å². The van der Waals surface area contributed by atoms with E-state index >= 15 is 0 Å². The van der Waals surface area contributed by atoms with Crippen molar-refractivity contribution in [3.63, 3.8) is 0 Å². The number of imide groups is 1. The zero-order valence-corrected chi connectivity index (χ0v) is 12.2. The minimum atomic E-state index is -0.240. The van der Waals surface area contributed by atoms with E-state index in [9.17, 15) is 9.59 Å². The number of urea groups is 1. The van der Waals surface area contributed by atoms with Crippen molar-refractivity contribution in [2.45, 2.75) is 52.1 Å². The van der Waals surface area contributed by atoms with Gasteiger partial charge in [-0.1, -0.05) is 13.8 Å². The molecule has 3 amide bonds. The average Bonchev–Trinajstić information content (AvgIpc) is 2.80. The zero-order valence-electron chi connectivity index (χ0n) is 12.2. The van der Waals surface area contributed by atoms with Gasteiger partial charge in [-0.05, 0) is 32.1 Å². The van der Waals surface area contributed by atoms with Gasteiger partial charge in [-0.15, -0.1) is 0 Å². The molecule has 0 bridgehead atoms. The van der Waals surface area contributed by atoms with Crippen LogP contribution in [0, 0.1) is 11.8 Å². The number of quaternary nitrogens is 1. The number of rotatable bonds is 3. The largest absolute Gasteiger partial charge is 0.336 e. The molecule has 0 unspecified atom stereocenters. The lowest BCUT2D eigenvalue weighted by atomic mass is 9.78. The van der Waals surface area contributed by atoms with Gasteiger partial charge >= 0.3 is 6.03 Å². The van der Waals surface area contributed by atoms with Crippen LogP contribution in [0.3, 0.4) is 0 Å². The molecule has 19 heavy (non-hydrogen) atoms. The van der Waals surface area contributed by atoms with Gasteiger partial charge in [0.25, 0.3) is 5.91 Å². The Hall–Kier alpha value is -1.10. The summed E-state index contributed by atoms with van der Waals surface area (Å²) < 4.78 is 0. The summed E-state index contributed by atoms with van der Waals surface area (Å²) in [4.78, 5) is 25.1. The molecule has 4 atom stereocenters. The molecular weight excluding hydrogens is 242 g/mol. The molecule has 1 aliphatic heterocycles. The highest BCUT2D eigenvalue weighted by molar-refractivity contribution is 5.97. The molecule has 5 nitrogen and oxygen atoms in total. The third kappa shape index (κ3) is 3.08. The van der Waals surface area contributed by atoms with E-state index in [1.807, 2.05) is 6.92 Å². The second kappa shape index (κ2) is 5.90. The molecule has 1 saturated heterocycles. The molecule has 0 radical (unpaired) electrons. The maximum absolute atomic E-state index is 12.3. The van der Waals surface area contributed by atoms with Crippen molar-refractivity contribution in [1.29, 1.82) is 0 Å². The van der Waals surface area contributed by atoms with E-state index in [2.05, 4.69) is 24.5 Å². The Kier molecular flexibility index (Phi) is 4.45. The van der Waals surface area contributed by atoms with Crippen molar-refractivity contribution in [1.82, 2.24) is 10.2 Å². The van der Waals surface area contributed by atoms with Crippen molar-refractivity contribution >= 4 is 11.9 Å². The van der Waals surface area contributed by atoms with Crippen LogP contribution in [0.2, 0.25) is 0 Å². The number of nitrogens with one attached hydrogen (secondary N) is 1. The third-order valence-corrected chi connectivity index (χ3v) is 4.82. The minimum absolute atomic E-state index is 0.0552. The van der Waals surface area contributed by atoms with Crippen molar-refractivity contribution in [2.24, 2.45) is 11.8 Å². The Labute approximate surface area is 115 Å². The van der Waals surface area contributed by atoms with Crippen LogP contribution >= 0.6 is 0 Å². The van der Waals surface area contributed by atoms with Crippen molar-refractivity contribution in [3.05, 3.63) is 0 Å². The summed E-state index contributed by atoms with van der Waals surface area (Å²) in [6, 6.07) is 0.102. The van der Waals surface area contributed by atoms with Crippen LogP contribution < -0.4 is 10.6 Å². The normalized spacial score (nSPS) is 33.1. The van der Waals surface area contributed by atoms with Crippen LogP contribution in [0.5, 0.6) is 0 Å². The molecule has 1 aliphatic carbocycles. The van der Waals surface area contributed by atoms with Crippen LogP contribution in [0.4, 0.5) is 4.79 Å². The summed E-state index contributed by atoms with van der Waals surface area (Å²) in [6.07, 6.45) is 3.72. The van der Waals surface area contributed by atoms with E-state index in [0.717, 1.165) is 5.92 Å². The van der Waals surface area contributed by atoms with Crippen molar-refractivity contribution in [3.8, 4) is 0 Å². The second-order valence-electron chi connectivity index (χ2n) is 6.13. The van der Waals surface area contributed by atoms with E-state index in [4.69, 9.17) is 0 Å². The fraction of sp³-hybridized carbons (Fsp3) is 0.857. The molecule has 5 heteroatoms. The predicted molar refractivity (Wildman–Crippen MR) is 72.5 cm³/mol. The molecule has 0 aromatic rings. The molecular formula is C14H26N3O2+. The third-order valence-electron chi connectivity index (χ3n) is 4.82. The first-order chi connectivity index (χ1) is 9.00. The first kappa shape index (κ1) is 14.3. The Bertz CT molecular complexity index is 359. The highest BCUT2D eigenvalue weighted by atomic mass is 16.2. The van der Waals surface area contributed by atoms with Crippen LogP contribution in [0.1, 0.15) is 40.0 Å². The molecule has 2 aliphatic rings. The molecule has 2 fully saturated rings. The van der Waals surface area contributed by atoms with Crippen LogP contribution in [0.15, 0.2) is 0 Å². The fourth-order valence-electron chi connectivity index (χ4n) is 3.28. The molecule has 1 saturated carbocycles. The van der Waals surface area contributed by atoms with Crippen LogP contribution in [-0.2, 0) is 4.79 Å². The number of hydrogen-bond donors (Lipinski definition) is 2. The summed E-state index contributed by atoms with van der Waals surface area (Å²) in [7, 11) is 0. The SMILES string of the molecule is C[C@@H]1[C@@H](C)CCC[C@H]1[NH2+][C@@H](C)C(=O)N1CCNC1=O. The number of nitrogens with zero attached hydrogens (tertiary/aromatic N) is 1. The van der Waals surface area contributed by atoms with E-state index in [1.165, 1.54) is 24.2 Å². The maximum Gasteiger partial charge on any atom is 0.324 e. The highest BCUT2D eigenvalue weighted by Crippen LogP contribution is 2.27. The Morgan fingerprint density at radius 2 is 2.16 bits per heavy atom. The molecule has 0 aromatic carbocycles. The van der Waals surface area contributed by atoms with Crippen LogP contribution in [-0.4, -0.2) is 42.0 Å². The van der Waals surface area contributed by atoms with E-state index in [0.29, 0.717) is 25.0 Å². The molecule has 1 heterocycles. The molecule has 108 valence electrons. The summed E-state index contributed by atoms with van der Waals surface area (Å²) in [6.45, 7) is 7.58. The van der Waals surface area contributed by atoms with Crippen molar-refractivity contribution < 1.29 is 14.9 Å². The monoisotopic (exact) mass is 268 g/mol. The minimum Gasteiger partial charge on any atom is -0.336 e. The topological polar surface area (TPSA) is 66.0 Å². The van der Waals surface area contributed by atoms with Gasteiger partial charge in [0.2, 0.25) is 0 Å². The summed E-state index contributed by atoms with van der Waals surface area (Å²) >= 11 is 0. The van der Waals surface area contributed by atoms with E-state index < -0.39 is 0 Å². The van der Waals surface area contributed by atoms with Gasteiger partial charge in [0.1, 0.15) is 0 Å². The first-order valence-corrected chi connectivity index (χ1v) is 7.45. The number of carbonyl (C=O) groups is 2. The lowest BCUT2D eigenvalue weighted by molar-refractivity contribution is -0.716. The lowest BCUT2D eigenvalue weighted by Crippen LogP contribution is -2.98. The van der Waals surface area contributed by atoms with Gasteiger partial charge in [0.15, 0.2) is 6.04 Å². The van der Waals surface area contributed by atoms with E-state index in [1.54, 1.807) is 0 Å². The lowest BCUT2D eigenvalue weighted by Gasteiger charge is -2.33. The predicted octanol–water partition coefficient (Wildman–Crippen LogP) is 0.315. The maximum atomic E-state index is 12.3. The number of nitrogens with two attached hydrogens (primary N) is 1. The standard InChI is InChI=1S/C14H25N3O2/c1-9-5-4-6-12(10(9)2)16-11(3)13(18)17-8-7-15-14(17)19/h9-12,16H,4-8H2,1-3H3,(H,15,19)/p+1/t9-,10+,11-,12+/m0/s1. The first-order valence-electron chi connectivity index (χ1n) is 7.45. The van der Waals surface area contributed by atoms with Crippen LogP contribution in [0.25, 0.3) is 0 Å². The number of carbonyl (C=O) groups excluding carboxylic acids is 2. The van der Waals surface area contributed by atoms with Gasteiger partial charge in [-0.25, -0.2) is 4.79 Å². The van der Waals surface area contributed by atoms with Gasteiger partial charge in [-0.2, -0.15) is 0 Å². The second-order valence-corrected chi connectivity index (χ2v) is 6.13. The average molecular weight is 268 g/mol. The molecule has 0 aromatic heterocycles. The highest BCUT2D eigenvalue weighted by Gasteiger charge is 2.36. The van der Waals surface area contributed by atoms with E-state index in [-0.39, 0.29) is 18.0 Å². The summed E-state index contributed by atoms with van der Waals surface area (Å²) in [5, 5.41) is 4.85. The molecule has 2 rings (SSSR count).